The third kappa shape index (κ3) is 12.0. The van der Waals surface area contributed by atoms with E-state index < -0.39 is 5.97 Å². The number of unbranched alkanes of at least 4 members (excludes halogenated alkanes) is 6. The second-order valence-corrected chi connectivity index (χ2v) is 8.72. The lowest BCUT2D eigenvalue weighted by molar-refractivity contribution is -0.138. The summed E-state index contributed by atoms with van der Waals surface area (Å²) in [5.74, 6) is -0.599. The predicted octanol–water partition coefficient (Wildman–Crippen LogP) is 7.61. The first-order chi connectivity index (χ1) is 13.9. The first kappa shape index (κ1) is 24.8. The van der Waals surface area contributed by atoms with E-state index in [2.05, 4.69) is 36.9 Å². The summed E-state index contributed by atoms with van der Waals surface area (Å²) in [6.45, 7) is 8.90. The molecule has 0 bridgehead atoms. The van der Waals surface area contributed by atoms with Gasteiger partial charge in [-0.15, -0.1) is 0 Å². The number of benzene rings is 1. The third-order valence-electron chi connectivity index (χ3n) is 4.78. The molecule has 1 rings (SSSR count). The number of hydrogen-bond acceptors (Lipinski definition) is 3. The van der Waals surface area contributed by atoms with Gasteiger partial charge < -0.3 is 4.74 Å². The van der Waals surface area contributed by atoms with E-state index in [-0.39, 0.29) is 12.3 Å². The van der Waals surface area contributed by atoms with Crippen molar-refractivity contribution in [2.24, 2.45) is 10.5 Å². The molecule has 0 aliphatic carbocycles. The quantitative estimate of drug-likeness (QED) is 0.0854. The Morgan fingerprint density at radius 2 is 1.76 bits per heavy atom. The third-order valence-corrected chi connectivity index (χ3v) is 4.78. The summed E-state index contributed by atoms with van der Waals surface area (Å²) >= 11 is 0. The van der Waals surface area contributed by atoms with Gasteiger partial charge in [-0.1, -0.05) is 88.7 Å². The van der Waals surface area contributed by atoms with Gasteiger partial charge in [-0.3, -0.25) is 0 Å². The predicted molar refractivity (Wildman–Crippen MR) is 120 cm³/mol. The van der Waals surface area contributed by atoms with Crippen LogP contribution >= 0.6 is 0 Å². The molecule has 29 heavy (non-hydrogen) atoms. The molecule has 5 nitrogen and oxygen atoms in total. The molecule has 0 aliphatic heterocycles. The van der Waals surface area contributed by atoms with Crippen LogP contribution in [0.25, 0.3) is 16.5 Å². The van der Waals surface area contributed by atoms with Crippen LogP contribution in [0.4, 0.5) is 0 Å². The van der Waals surface area contributed by atoms with Crippen LogP contribution in [0, 0.1) is 5.41 Å². The van der Waals surface area contributed by atoms with Crippen LogP contribution in [0.3, 0.4) is 0 Å². The minimum absolute atomic E-state index is 0.0158. The summed E-state index contributed by atoms with van der Waals surface area (Å²) in [5.41, 5.74) is 11.2. The lowest BCUT2D eigenvalue weighted by Gasteiger charge is -2.17. The Bertz CT molecular complexity index is 698. The molecule has 1 aromatic carbocycles. The van der Waals surface area contributed by atoms with E-state index in [1.165, 1.54) is 50.5 Å². The van der Waals surface area contributed by atoms with E-state index >= 15 is 0 Å². The summed E-state index contributed by atoms with van der Waals surface area (Å²) in [6, 6.07) is 8.00. The van der Waals surface area contributed by atoms with Gasteiger partial charge in [0, 0.05) is 4.91 Å². The topological polar surface area (TPSA) is 75.1 Å². The largest absolute Gasteiger partial charge is 0.462 e. The average molecular weight is 400 g/mol. The number of nitrogens with zero attached hydrogens (tertiary/aromatic N) is 3. The first-order valence-corrected chi connectivity index (χ1v) is 10.9. The molecule has 0 fully saturated rings. The number of azide groups is 1. The fourth-order valence-corrected chi connectivity index (χ4v) is 3.25. The lowest BCUT2D eigenvalue weighted by Crippen LogP contribution is -2.05. The number of ether oxygens (including phenoxy) is 1. The zero-order chi connectivity index (χ0) is 21.5. The maximum absolute atomic E-state index is 11.9. The van der Waals surface area contributed by atoms with Crippen molar-refractivity contribution in [1.29, 1.82) is 0 Å². The second kappa shape index (κ2) is 13.8. The summed E-state index contributed by atoms with van der Waals surface area (Å²) in [6.07, 6.45) is 13.0. The van der Waals surface area contributed by atoms with Crippen molar-refractivity contribution < 1.29 is 9.53 Å². The zero-order valence-corrected chi connectivity index (χ0v) is 18.6. The standard InChI is InChI=1S/C24H37N3O2/c1-5-29-23(28)22(26-27-25)19-21-16-13-15-20(18-21)14-11-9-7-6-8-10-12-17-24(2,3)4/h13,15-16,18-19H,5-12,14,17H2,1-4H3. The maximum atomic E-state index is 11.9. The number of hydrogen-bond donors (Lipinski definition) is 0. The SMILES string of the molecule is CCOC(=O)C(=Cc1cccc(CCCCCCCCCC(C)(C)C)c1)N=[N+]=[N-]. The van der Waals surface area contributed by atoms with E-state index in [0.29, 0.717) is 5.41 Å². The number of carbonyl (C=O) groups is 1. The fraction of sp³-hybridized carbons (Fsp3) is 0.625. The summed E-state index contributed by atoms with van der Waals surface area (Å²) in [4.78, 5) is 14.6. The minimum Gasteiger partial charge on any atom is -0.462 e. The molecular formula is C24H37N3O2. The van der Waals surface area contributed by atoms with Crippen molar-refractivity contribution >= 4 is 12.0 Å². The highest BCUT2D eigenvalue weighted by Gasteiger charge is 2.09. The molecular weight excluding hydrogens is 362 g/mol. The lowest BCUT2D eigenvalue weighted by atomic mass is 9.89. The van der Waals surface area contributed by atoms with Gasteiger partial charge in [0.05, 0.1) is 6.61 Å². The van der Waals surface area contributed by atoms with Gasteiger partial charge in [0.25, 0.3) is 0 Å². The molecule has 5 heteroatoms. The Kier molecular flexibility index (Phi) is 11.8. The smallest absolute Gasteiger partial charge is 0.340 e. The molecule has 0 atom stereocenters. The van der Waals surface area contributed by atoms with E-state index in [1.807, 2.05) is 18.2 Å². The Hall–Kier alpha value is -2.26. The van der Waals surface area contributed by atoms with Crippen molar-refractivity contribution in [3.8, 4) is 0 Å². The van der Waals surface area contributed by atoms with E-state index in [0.717, 1.165) is 18.4 Å². The normalized spacial score (nSPS) is 11.8. The average Bonchev–Trinajstić information content (AvgIpc) is 2.66. The molecule has 0 aromatic heterocycles. The van der Waals surface area contributed by atoms with Gasteiger partial charge >= 0.3 is 5.97 Å². The van der Waals surface area contributed by atoms with Gasteiger partial charge in [-0.25, -0.2) is 4.79 Å². The minimum atomic E-state index is -0.599. The second-order valence-electron chi connectivity index (χ2n) is 8.72. The van der Waals surface area contributed by atoms with Crippen LogP contribution in [0.5, 0.6) is 0 Å². The van der Waals surface area contributed by atoms with E-state index in [4.69, 9.17) is 10.3 Å². The van der Waals surface area contributed by atoms with Gasteiger partial charge in [0.2, 0.25) is 0 Å². The number of esters is 1. The molecule has 0 saturated carbocycles. The van der Waals surface area contributed by atoms with Crippen molar-refractivity contribution in [2.75, 3.05) is 6.61 Å². The number of carbonyl (C=O) groups excluding carboxylic acids is 1. The Morgan fingerprint density at radius 3 is 2.38 bits per heavy atom. The highest BCUT2D eigenvalue weighted by Crippen LogP contribution is 2.22. The van der Waals surface area contributed by atoms with Crippen LogP contribution in [-0.2, 0) is 16.0 Å². The Balaban J connectivity index is 2.39. The van der Waals surface area contributed by atoms with Crippen LogP contribution < -0.4 is 0 Å². The maximum Gasteiger partial charge on any atom is 0.340 e. The van der Waals surface area contributed by atoms with Gasteiger partial charge in [-0.05, 0) is 54.3 Å². The molecule has 0 amide bonds. The molecule has 0 unspecified atom stereocenters. The van der Waals surface area contributed by atoms with Crippen molar-refractivity contribution in [1.82, 2.24) is 0 Å². The Morgan fingerprint density at radius 1 is 1.10 bits per heavy atom. The highest BCUT2D eigenvalue weighted by molar-refractivity contribution is 5.93. The molecule has 160 valence electrons. The van der Waals surface area contributed by atoms with Gasteiger partial charge in [0.1, 0.15) is 5.70 Å². The molecule has 0 saturated heterocycles. The van der Waals surface area contributed by atoms with Gasteiger partial charge in [0.15, 0.2) is 0 Å². The molecule has 0 N–H and O–H groups in total. The fourth-order valence-electron chi connectivity index (χ4n) is 3.25. The number of aryl methyl sites for hydroxylation is 1. The van der Waals surface area contributed by atoms with E-state index in [9.17, 15) is 4.79 Å². The first-order valence-electron chi connectivity index (χ1n) is 10.9. The Labute approximate surface area is 176 Å². The number of rotatable bonds is 13. The zero-order valence-electron chi connectivity index (χ0n) is 18.6. The molecule has 0 spiro atoms. The molecule has 0 aliphatic rings. The molecule has 0 heterocycles. The van der Waals surface area contributed by atoms with Crippen molar-refractivity contribution in [3.05, 3.63) is 51.5 Å². The highest BCUT2D eigenvalue weighted by atomic mass is 16.5. The van der Waals surface area contributed by atoms with Crippen molar-refractivity contribution in [2.45, 2.75) is 85.5 Å². The van der Waals surface area contributed by atoms with Gasteiger partial charge in [-0.2, -0.15) is 0 Å². The molecule has 1 aromatic rings. The van der Waals surface area contributed by atoms with Crippen molar-refractivity contribution in [3.63, 3.8) is 0 Å². The van der Waals surface area contributed by atoms with Crippen LogP contribution in [-0.4, -0.2) is 12.6 Å². The van der Waals surface area contributed by atoms with Crippen LogP contribution in [0.2, 0.25) is 0 Å². The molecule has 0 radical (unpaired) electrons. The summed E-state index contributed by atoms with van der Waals surface area (Å²) in [5, 5.41) is 3.47. The van der Waals surface area contributed by atoms with E-state index in [1.54, 1.807) is 13.0 Å². The monoisotopic (exact) mass is 399 g/mol. The summed E-state index contributed by atoms with van der Waals surface area (Å²) in [7, 11) is 0. The summed E-state index contributed by atoms with van der Waals surface area (Å²) < 4.78 is 4.93. The van der Waals surface area contributed by atoms with Crippen LogP contribution in [0.15, 0.2) is 35.1 Å². The van der Waals surface area contributed by atoms with Crippen LogP contribution in [0.1, 0.15) is 90.2 Å².